The third-order valence-corrected chi connectivity index (χ3v) is 1.03. The van der Waals surface area contributed by atoms with E-state index >= 15 is 0 Å². The van der Waals surface area contributed by atoms with Gasteiger partial charge in [0.05, 0.1) is 0 Å². The lowest BCUT2D eigenvalue weighted by atomic mass is 10.4. The first-order chi connectivity index (χ1) is 5.61. The van der Waals surface area contributed by atoms with Gasteiger partial charge in [0, 0.05) is 0 Å². The zero-order chi connectivity index (χ0) is 9.56. The number of allylic oxidation sites excluding steroid dienone is 1. The molecular formula is C7H9NO4. The molecule has 0 rings (SSSR count). The van der Waals surface area contributed by atoms with Gasteiger partial charge in [-0.2, -0.15) is 0 Å². The maximum absolute atomic E-state index is 10.9. The van der Waals surface area contributed by atoms with Crippen LogP contribution in [0.2, 0.25) is 0 Å². The summed E-state index contributed by atoms with van der Waals surface area (Å²) >= 11 is 0. The van der Waals surface area contributed by atoms with E-state index in [1.54, 1.807) is 6.92 Å². The summed E-state index contributed by atoms with van der Waals surface area (Å²) in [7, 11) is 0. The third-order valence-electron chi connectivity index (χ3n) is 1.03. The highest BCUT2D eigenvalue weighted by Gasteiger charge is 2.12. The number of amides is 2. The van der Waals surface area contributed by atoms with E-state index in [0.717, 1.165) is 6.08 Å². The highest BCUT2D eigenvalue weighted by molar-refractivity contribution is 5.96. The van der Waals surface area contributed by atoms with Gasteiger partial charge in [-0.15, -0.1) is 0 Å². The Labute approximate surface area is 69.3 Å². The van der Waals surface area contributed by atoms with Crippen molar-refractivity contribution in [2.75, 3.05) is 6.54 Å². The number of carbonyl (C=O) groups is 3. The molecule has 0 bridgehead atoms. The van der Waals surface area contributed by atoms with Gasteiger partial charge in [0.25, 0.3) is 5.91 Å². The number of hydrogen-bond acceptors (Lipinski definition) is 3. The standard InChI is InChI=1S/C7H9NO4/c1-2-3-6(10)8(5-9)4-7(11)12/h2-3,5H,4H2,1H3,(H,11,12)/b3-2-. The van der Waals surface area contributed by atoms with Crippen LogP contribution in [0.5, 0.6) is 0 Å². The second-order valence-electron chi connectivity index (χ2n) is 1.97. The molecule has 5 heteroatoms. The Morgan fingerprint density at radius 1 is 1.50 bits per heavy atom. The van der Waals surface area contributed by atoms with Crippen molar-refractivity contribution in [3.8, 4) is 0 Å². The normalized spacial score (nSPS) is 9.75. The molecule has 0 fully saturated rings. The van der Waals surface area contributed by atoms with Crippen molar-refractivity contribution in [3.63, 3.8) is 0 Å². The summed E-state index contributed by atoms with van der Waals surface area (Å²) in [5.74, 6) is -1.85. The van der Waals surface area contributed by atoms with Gasteiger partial charge in [-0.25, -0.2) is 0 Å². The molecule has 0 heterocycles. The molecule has 0 aromatic rings. The van der Waals surface area contributed by atoms with Crippen molar-refractivity contribution < 1.29 is 19.5 Å². The lowest BCUT2D eigenvalue weighted by molar-refractivity contribution is -0.146. The van der Waals surface area contributed by atoms with Crippen molar-refractivity contribution in [1.82, 2.24) is 4.90 Å². The highest BCUT2D eigenvalue weighted by atomic mass is 16.4. The van der Waals surface area contributed by atoms with Gasteiger partial charge < -0.3 is 5.11 Å². The van der Waals surface area contributed by atoms with Crippen LogP contribution in [-0.4, -0.2) is 34.8 Å². The van der Waals surface area contributed by atoms with Crippen LogP contribution in [0.1, 0.15) is 6.92 Å². The number of aliphatic carboxylic acids is 1. The average molecular weight is 171 g/mol. The number of carboxylic acids is 1. The van der Waals surface area contributed by atoms with Gasteiger partial charge in [-0.05, 0) is 13.0 Å². The predicted octanol–water partition coefficient (Wildman–Crippen LogP) is -0.368. The van der Waals surface area contributed by atoms with Crippen molar-refractivity contribution in [2.24, 2.45) is 0 Å². The van der Waals surface area contributed by atoms with Gasteiger partial charge in [0.2, 0.25) is 6.41 Å². The first-order valence-corrected chi connectivity index (χ1v) is 3.22. The molecule has 0 atom stereocenters. The van der Waals surface area contributed by atoms with Gasteiger partial charge in [-0.3, -0.25) is 19.3 Å². The molecular weight excluding hydrogens is 162 g/mol. The minimum absolute atomic E-state index is 0.191. The molecule has 1 N–H and O–H groups in total. The largest absolute Gasteiger partial charge is 0.480 e. The zero-order valence-corrected chi connectivity index (χ0v) is 6.56. The smallest absolute Gasteiger partial charge is 0.323 e. The molecule has 2 amide bonds. The molecule has 0 aliphatic rings. The quantitative estimate of drug-likeness (QED) is 0.462. The van der Waals surface area contributed by atoms with E-state index in [2.05, 4.69) is 0 Å². The number of carboxylic acid groups (broad SMARTS) is 1. The Hall–Kier alpha value is -1.65. The monoisotopic (exact) mass is 171 g/mol. The molecule has 0 saturated heterocycles. The topological polar surface area (TPSA) is 74.7 Å². The van der Waals surface area contributed by atoms with E-state index in [1.807, 2.05) is 0 Å². The van der Waals surface area contributed by atoms with E-state index in [4.69, 9.17) is 5.11 Å². The summed E-state index contributed by atoms with van der Waals surface area (Å²) in [5.41, 5.74) is 0. The highest BCUT2D eigenvalue weighted by Crippen LogP contribution is 1.87. The molecule has 0 unspecified atom stereocenters. The van der Waals surface area contributed by atoms with Crippen LogP contribution in [-0.2, 0) is 14.4 Å². The number of nitrogens with zero attached hydrogens (tertiary/aromatic N) is 1. The molecule has 12 heavy (non-hydrogen) atoms. The third kappa shape index (κ3) is 3.50. The van der Waals surface area contributed by atoms with Crippen molar-refractivity contribution >= 4 is 18.3 Å². The van der Waals surface area contributed by atoms with E-state index < -0.39 is 18.4 Å². The average Bonchev–Trinajstić information content (AvgIpc) is 2.00. The predicted molar refractivity (Wildman–Crippen MR) is 40.2 cm³/mol. The number of hydrogen-bond donors (Lipinski definition) is 1. The number of imide groups is 1. The van der Waals surface area contributed by atoms with Crippen LogP contribution in [0.25, 0.3) is 0 Å². The van der Waals surface area contributed by atoms with E-state index in [-0.39, 0.29) is 6.41 Å². The Morgan fingerprint density at radius 2 is 2.08 bits per heavy atom. The molecule has 66 valence electrons. The number of carbonyl (C=O) groups excluding carboxylic acids is 2. The molecule has 0 aliphatic heterocycles. The van der Waals surface area contributed by atoms with Gasteiger partial charge in [0.15, 0.2) is 0 Å². The fraction of sp³-hybridized carbons (Fsp3) is 0.286. The minimum atomic E-state index is -1.22. The number of rotatable bonds is 4. The fourth-order valence-corrected chi connectivity index (χ4v) is 0.551. The summed E-state index contributed by atoms with van der Waals surface area (Å²) in [6.07, 6.45) is 2.74. The van der Waals surface area contributed by atoms with Crippen LogP contribution in [0.4, 0.5) is 0 Å². The molecule has 0 aliphatic carbocycles. The van der Waals surface area contributed by atoms with Crippen LogP contribution in [0.3, 0.4) is 0 Å². The molecule has 0 radical (unpaired) electrons. The van der Waals surface area contributed by atoms with Gasteiger partial charge in [-0.1, -0.05) is 6.08 Å². The zero-order valence-electron chi connectivity index (χ0n) is 6.56. The first kappa shape index (κ1) is 10.3. The Balaban J connectivity index is 4.24. The van der Waals surface area contributed by atoms with Crippen LogP contribution in [0, 0.1) is 0 Å². The van der Waals surface area contributed by atoms with Crippen LogP contribution < -0.4 is 0 Å². The van der Waals surface area contributed by atoms with Crippen molar-refractivity contribution in [3.05, 3.63) is 12.2 Å². The van der Waals surface area contributed by atoms with E-state index in [1.165, 1.54) is 6.08 Å². The first-order valence-electron chi connectivity index (χ1n) is 3.22. The Kier molecular flexibility index (Phi) is 4.36. The summed E-state index contributed by atoms with van der Waals surface area (Å²) in [4.78, 5) is 31.7. The van der Waals surface area contributed by atoms with Crippen LogP contribution >= 0.6 is 0 Å². The summed E-state index contributed by atoms with van der Waals surface area (Å²) < 4.78 is 0. The van der Waals surface area contributed by atoms with Crippen LogP contribution in [0.15, 0.2) is 12.2 Å². The Bertz CT molecular complexity index is 221. The summed E-state index contributed by atoms with van der Waals surface area (Å²) in [6.45, 7) is 0.994. The lowest BCUT2D eigenvalue weighted by Crippen LogP contribution is -2.33. The fourth-order valence-electron chi connectivity index (χ4n) is 0.551. The van der Waals surface area contributed by atoms with Gasteiger partial charge >= 0.3 is 5.97 Å². The van der Waals surface area contributed by atoms with Gasteiger partial charge in [0.1, 0.15) is 6.54 Å². The summed E-state index contributed by atoms with van der Waals surface area (Å²) in [5, 5.41) is 8.26. The van der Waals surface area contributed by atoms with E-state index in [0.29, 0.717) is 4.90 Å². The van der Waals surface area contributed by atoms with Crippen molar-refractivity contribution in [1.29, 1.82) is 0 Å². The maximum Gasteiger partial charge on any atom is 0.323 e. The molecule has 0 aromatic carbocycles. The summed E-state index contributed by atoms with van der Waals surface area (Å²) in [6, 6.07) is 0. The molecule has 0 spiro atoms. The molecule has 0 saturated carbocycles. The SMILES string of the molecule is C/C=C\C(=O)N(C=O)CC(=O)O. The maximum atomic E-state index is 10.9. The second kappa shape index (κ2) is 5.06. The molecule has 0 aromatic heterocycles. The van der Waals surface area contributed by atoms with E-state index in [9.17, 15) is 14.4 Å². The van der Waals surface area contributed by atoms with Crippen molar-refractivity contribution in [2.45, 2.75) is 6.92 Å². The Morgan fingerprint density at radius 3 is 2.42 bits per heavy atom. The molecule has 5 nitrogen and oxygen atoms in total. The second-order valence-corrected chi connectivity index (χ2v) is 1.97. The minimum Gasteiger partial charge on any atom is -0.480 e. The lowest BCUT2D eigenvalue weighted by Gasteiger charge is -2.08.